The molecule has 4 heterocycles. The van der Waals surface area contributed by atoms with Gasteiger partial charge in [-0.2, -0.15) is 0 Å². The van der Waals surface area contributed by atoms with E-state index in [9.17, 15) is 19.1 Å². The number of carboxylic acid groups (broad SMARTS) is 1. The molecule has 6 rings (SSSR count). The maximum atomic E-state index is 15.2. The van der Waals surface area contributed by atoms with Gasteiger partial charge in [0.15, 0.2) is 11.6 Å². The number of likely N-dealkylation sites (tertiary alicyclic amines) is 1. The summed E-state index contributed by atoms with van der Waals surface area (Å²) in [4.78, 5) is 32.6. The number of carboxylic acids is 1. The summed E-state index contributed by atoms with van der Waals surface area (Å²) in [6.07, 6.45) is 4.25. The number of carbonyl (C=O) groups excluding carboxylic acids is 2. The minimum absolute atomic E-state index is 0. The van der Waals surface area contributed by atoms with Gasteiger partial charge in [-0.15, -0.1) is 0 Å². The molecule has 0 saturated carbocycles. The van der Waals surface area contributed by atoms with Gasteiger partial charge in [0.25, 0.3) is 0 Å². The first kappa shape index (κ1) is 35.3. The van der Waals surface area contributed by atoms with Crippen LogP contribution in [0.2, 0.25) is 0 Å². The first-order valence-corrected chi connectivity index (χ1v) is 16.2. The quantitative estimate of drug-likeness (QED) is 0.326. The Bertz CT molecular complexity index is 1570. The van der Waals surface area contributed by atoms with Crippen LogP contribution in [-0.4, -0.2) is 61.2 Å². The molecule has 1 atom stereocenters. The Morgan fingerprint density at radius 3 is 2.45 bits per heavy atom. The molecule has 1 amide bonds. The summed E-state index contributed by atoms with van der Waals surface area (Å²) < 4.78 is 41.1. The van der Waals surface area contributed by atoms with Gasteiger partial charge < -0.3 is 29.2 Å². The number of aryl methyl sites for hydroxylation is 1. The van der Waals surface area contributed by atoms with Gasteiger partial charge in [-0.1, -0.05) is 24.3 Å². The van der Waals surface area contributed by atoms with Gasteiger partial charge in [-0.3, -0.25) is 4.79 Å². The second-order valence-corrected chi connectivity index (χ2v) is 12.8. The average Bonchev–Trinajstić information content (AvgIpc) is 3.58. The van der Waals surface area contributed by atoms with Crippen LogP contribution in [0.3, 0.4) is 0 Å². The van der Waals surface area contributed by atoms with E-state index in [1.54, 1.807) is 18.2 Å². The fraction of sp³-hybridized carbons (Fsp3) is 0.472. The second kappa shape index (κ2) is 15.9. The van der Waals surface area contributed by atoms with Crippen molar-refractivity contribution >= 4 is 17.7 Å². The van der Waals surface area contributed by atoms with Crippen molar-refractivity contribution < 1.29 is 62.5 Å². The average molecular weight is 656 g/mol. The molecular formula is C36H40F2N3NaO5. The van der Waals surface area contributed by atoms with Crippen molar-refractivity contribution in [2.45, 2.75) is 58.0 Å². The number of aliphatic carboxylic acids is 1. The van der Waals surface area contributed by atoms with Crippen molar-refractivity contribution in [3.63, 3.8) is 0 Å². The number of hydrogen-bond donors (Lipinski definition) is 0. The van der Waals surface area contributed by atoms with Crippen LogP contribution < -0.4 is 44.3 Å². The molecule has 244 valence electrons. The van der Waals surface area contributed by atoms with Crippen LogP contribution in [0.25, 0.3) is 11.3 Å². The van der Waals surface area contributed by atoms with Gasteiger partial charge in [0.2, 0.25) is 5.91 Å². The van der Waals surface area contributed by atoms with Gasteiger partial charge in [0, 0.05) is 69.3 Å². The first-order valence-electron chi connectivity index (χ1n) is 16.2. The molecule has 1 unspecified atom stereocenters. The van der Waals surface area contributed by atoms with E-state index in [1.165, 1.54) is 11.6 Å². The van der Waals surface area contributed by atoms with E-state index in [1.807, 2.05) is 22.8 Å². The molecular weight excluding hydrogens is 615 g/mol. The number of nitrogens with zero attached hydrogens (tertiary/aromatic N) is 3. The molecule has 0 bridgehead atoms. The number of rotatable bonds is 9. The number of benzene rings is 2. The molecule has 3 aliphatic rings. The molecule has 3 aromatic rings. The smallest absolute Gasteiger partial charge is 0.550 e. The number of anilines is 1. The van der Waals surface area contributed by atoms with Crippen LogP contribution in [0.4, 0.5) is 14.6 Å². The maximum Gasteiger partial charge on any atom is 1.00 e. The Morgan fingerprint density at radius 1 is 1.00 bits per heavy atom. The zero-order valence-electron chi connectivity index (χ0n) is 27.2. The molecule has 0 N–H and O–H groups in total. The third kappa shape index (κ3) is 8.52. The van der Waals surface area contributed by atoms with Crippen molar-refractivity contribution in [2.24, 2.45) is 11.8 Å². The number of carbonyl (C=O) groups is 2. The van der Waals surface area contributed by atoms with E-state index in [-0.39, 0.29) is 53.4 Å². The molecule has 3 aliphatic heterocycles. The Labute approximate surface area is 296 Å². The zero-order valence-corrected chi connectivity index (χ0v) is 29.2. The summed E-state index contributed by atoms with van der Waals surface area (Å²) in [5.41, 5.74) is 3.70. The summed E-state index contributed by atoms with van der Waals surface area (Å²) >= 11 is 0. The number of hydrogen-bond acceptors (Lipinski definition) is 7. The Morgan fingerprint density at radius 2 is 1.77 bits per heavy atom. The SMILES string of the molecule is Cc1cc(C2CCN(C(=O)CC3CCOC3)CC2)ccc1COc1c(F)cc(F)cc1-c1cccc(N2CCC(C(=O)[O-])CC2)n1.[Na+]. The van der Waals surface area contributed by atoms with Crippen molar-refractivity contribution in [3.8, 4) is 17.0 Å². The largest absolute Gasteiger partial charge is 1.00 e. The van der Waals surface area contributed by atoms with Gasteiger partial charge in [-0.25, -0.2) is 13.8 Å². The van der Waals surface area contributed by atoms with Crippen LogP contribution >= 0.6 is 0 Å². The fourth-order valence-electron chi connectivity index (χ4n) is 6.86. The van der Waals surface area contributed by atoms with E-state index in [0.717, 1.165) is 56.2 Å². The summed E-state index contributed by atoms with van der Waals surface area (Å²) in [5.74, 6) is -1.61. The molecule has 2 aromatic carbocycles. The van der Waals surface area contributed by atoms with Crippen LogP contribution in [0.5, 0.6) is 5.75 Å². The Hall–Kier alpha value is -3.05. The van der Waals surface area contributed by atoms with E-state index in [2.05, 4.69) is 17.1 Å². The second-order valence-electron chi connectivity index (χ2n) is 12.8. The van der Waals surface area contributed by atoms with Gasteiger partial charge in [0.05, 0.1) is 5.69 Å². The molecule has 3 fully saturated rings. The molecule has 8 nitrogen and oxygen atoms in total. The van der Waals surface area contributed by atoms with Crippen LogP contribution in [-0.2, 0) is 20.9 Å². The Balaban J connectivity index is 0.00000433. The molecule has 0 aliphatic carbocycles. The number of piperidine rings is 2. The number of amides is 1. The van der Waals surface area contributed by atoms with Gasteiger partial charge >= 0.3 is 29.6 Å². The molecule has 11 heteroatoms. The zero-order chi connectivity index (χ0) is 32.2. The summed E-state index contributed by atoms with van der Waals surface area (Å²) in [5, 5.41) is 11.2. The number of pyridine rings is 1. The van der Waals surface area contributed by atoms with Gasteiger partial charge in [-0.05, 0) is 85.8 Å². The van der Waals surface area contributed by atoms with E-state index in [0.29, 0.717) is 62.3 Å². The number of ether oxygens (including phenoxy) is 2. The molecule has 1 aromatic heterocycles. The van der Waals surface area contributed by atoms with Crippen molar-refractivity contribution in [1.82, 2.24) is 9.88 Å². The molecule has 0 radical (unpaired) electrons. The van der Waals surface area contributed by atoms with E-state index in [4.69, 9.17) is 9.47 Å². The topological polar surface area (TPSA) is 95.0 Å². The van der Waals surface area contributed by atoms with Crippen LogP contribution in [0, 0.1) is 30.4 Å². The summed E-state index contributed by atoms with van der Waals surface area (Å²) in [6, 6.07) is 13.5. The predicted octanol–water partition coefficient (Wildman–Crippen LogP) is 2.02. The molecule has 0 spiro atoms. The van der Waals surface area contributed by atoms with Gasteiger partial charge in [0.1, 0.15) is 18.2 Å². The first-order chi connectivity index (χ1) is 22.2. The van der Waals surface area contributed by atoms with E-state index >= 15 is 4.39 Å². The standard InChI is InChI=1S/C36H41F2N3O5.Na/c1-23-17-27(25-7-14-41(15-8-25)34(42)18-24-11-16-45-21-24)5-6-28(23)22-46-35-30(19-29(37)20-31(35)38)32-3-2-4-33(39-32)40-12-9-26(10-13-40)36(43)44;/h2-6,17,19-20,24-26H,7-16,18,21-22H2,1H3,(H,43,44);/q;+1/p-1. The monoisotopic (exact) mass is 655 g/mol. The van der Waals surface area contributed by atoms with Crippen LogP contribution in [0.1, 0.15) is 61.1 Å². The number of aromatic nitrogens is 1. The third-order valence-electron chi connectivity index (χ3n) is 9.72. The fourth-order valence-corrected chi connectivity index (χ4v) is 6.86. The third-order valence-corrected chi connectivity index (χ3v) is 9.72. The predicted molar refractivity (Wildman–Crippen MR) is 167 cm³/mol. The summed E-state index contributed by atoms with van der Waals surface area (Å²) in [6.45, 7) is 6.03. The minimum atomic E-state index is -1.04. The number of halogens is 2. The van der Waals surface area contributed by atoms with Crippen molar-refractivity contribution in [1.29, 1.82) is 0 Å². The molecule has 47 heavy (non-hydrogen) atoms. The summed E-state index contributed by atoms with van der Waals surface area (Å²) in [7, 11) is 0. The maximum absolute atomic E-state index is 15.2. The molecule has 3 saturated heterocycles. The minimum Gasteiger partial charge on any atom is -0.550 e. The normalized spacial score (nSPS) is 19.0. The van der Waals surface area contributed by atoms with Crippen LogP contribution in [0.15, 0.2) is 48.5 Å². The van der Waals surface area contributed by atoms with Crippen molar-refractivity contribution in [2.75, 3.05) is 44.3 Å². The Kier molecular flexibility index (Phi) is 11.9. The van der Waals surface area contributed by atoms with Crippen molar-refractivity contribution in [3.05, 3.63) is 76.9 Å². The van der Waals surface area contributed by atoms with E-state index < -0.39 is 23.5 Å².